The first kappa shape index (κ1) is 14.4. The second-order valence-corrected chi connectivity index (χ2v) is 5.57. The fraction of sp³-hybridized carbons (Fsp3) is 0.636. The Kier molecular flexibility index (Phi) is 5.88. The Bertz CT molecular complexity index is 370. The number of ether oxygens (including phenoxy) is 1. The van der Waals surface area contributed by atoms with E-state index in [9.17, 15) is 4.79 Å². The van der Waals surface area contributed by atoms with Crippen LogP contribution in [0.2, 0.25) is 4.34 Å². The summed E-state index contributed by atoms with van der Waals surface area (Å²) >= 11 is 7.20. The van der Waals surface area contributed by atoms with E-state index < -0.39 is 0 Å². The molecule has 1 N–H and O–H groups in total. The van der Waals surface area contributed by atoms with Crippen molar-refractivity contribution in [2.45, 2.75) is 32.9 Å². The summed E-state index contributed by atoms with van der Waals surface area (Å²) in [5.74, 6) is -0.0140. The molecule has 1 rings (SSSR count). The first-order valence-corrected chi connectivity index (χ1v) is 6.69. The van der Waals surface area contributed by atoms with Crippen molar-refractivity contribution in [2.75, 3.05) is 7.11 Å². The second-order valence-electron chi connectivity index (χ2n) is 3.83. The quantitative estimate of drug-likeness (QED) is 0.811. The highest BCUT2D eigenvalue weighted by atomic mass is 35.5. The lowest BCUT2D eigenvalue weighted by Gasteiger charge is -2.21. The number of nitrogens with one attached hydrogen (secondary N) is 1. The molecule has 1 aromatic rings. The summed E-state index contributed by atoms with van der Waals surface area (Å²) in [4.78, 5) is 15.7. The van der Waals surface area contributed by atoms with Crippen molar-refractivity contribution in [3.05, 3.63) is 15.5 Å². The Morgan fingerprint density at radius 1 is 1.71 bits per heavy atom. The molecule has 0 amide bonds. The van der Waals surface area contributed by atoms with E-state index in [0.29, 0.717) is 10.9 Å². The van der Waals surface area contributed by atoms with Gasteiger partial charge in [0.25, 0.3) is 0 Å². The number of hydrogen-bond acceptors (Lipinski definition) is 5. The third-order valence-corrected chi connectivity index (χ3v) is 3.78. The van der Waals surface area contributed by atoms with Crippen molar-refractivity contribution in [3.63, 3.8) is 0 Å². The molecule has 17 heavy (non-hydrogen) atoms. The molecule has 0 aliphatic carbocycles. The Morgan fingerprint density at radius 3 is 2.88 bits per heavy atom. The fourth-order valence-corrected chi connectivity index (χ4v) is 2.35. The van der Waals surface area contributed by atoms with Crippen LogP contribution in [-0.2, 0) is 16.1 Å². The minimum Gasteiger partial charge on any atom is -0.468 e. The fourth-order valence-electron chi connectivity index (χ4n) is 1.45. The van der Waals surface area contributed by atoms with Crippen molar-refractivity contribution in [1.82, 2.24) is 10.3 Å². The Hall–Kier alpha value is -0.650. The molecule has 0 saturated heterocycles. The monoisotopic (exact) mass is 276 g/mol. The number of esters is 1. The maximum absolute atomic E-state index is 11.6. The van der Waals surface area contributed by atoms with Crippen molar-refractivity contribution in [3.8, 4) is 0 Å². The largest absolute Gasteiger partial charge is 0.468 e. The molecule has 2 atom stereocenters. The lowest BCUT2D eigenvalue weighted by Crippen LogP contribution is -2.42. The number of carbonyl (C=O) groups excluding carboxylic acids is 1. The first-order chi connectivity index (χ1) is 8.08. The molecular weight excluding hydrogens is 260 g/mol. The van der Waals surface area contributed by atoms with Gasteiger partial charge in [-0.25, -0.2) is 4.98 Å². The van der Waals surface area contributed by atoms with Gasteiger partial charge in [-0.2, -0.15) is 0 Å². The zero-order valence-corrected chi connectivity index (χ0v) is 11.8. The number of aromatic nitrogens is 1. The molecule has 96 valence electrons. The van der Waals surface area contributed by atoms with Crippen LogP contribution in [0.4, 0.5) is 0 Å². The summed E-state index contributed by atoms with van der Waals surface area (Å²) < 4.78 is 5.44. The normalized spacial score (nSPS) is 14.4. The van der Waals surface area contributed by atoms with E-state index in [2.05, 4.69) is 10.3 Å². The number of rotatable bonds is 6. The van der Waals surface area contributed by atoms with E-state index in [1.54, 1.807) is 6.20 Å². The van der Waals surface area contributed by atoms with E-state index in [-0.39, 0.29) is 17.9 Å². The summed E-state index contributed by atoms with van der Waals surface area (Å²) in [5, 5.41) is 4.03. The van der Waals surface area contributed by atoms with Crippen LogP contribution in [0.1, 0.15) is 25.3 Å². The third-order valence-electron chi connectivity index (χ3n) is 2.67. The number of thiazole rings is 1. The van der Waals surface area contributed by atoms with Crippen molar-refractivity contribution < 1.29 is 9.53 Å². The molecule has 0 spiro atoms. The minimum absolute atomic E-state index is 0.220. The molecule has 1 aromatic heterocycles. The van der Waals surface area contributed by atoms with Gasteiger partial charge in [-0.05, 0) is 5.92 Å². The van der Waals surface area contributed by atoms with E-state index in [1.165, 1.54) is 18.4 Å². The van der Waals surface area contributed by atoms with E-state index in [0.717, 1.165) is 11.4 Å². The third kappa shape index (κ3) is 4.26. The Labute approximate surface area is 110 Å². The molecule has 0 aliphatic heterocycles. The highest BCUT2D eigenvalue weighted by Gasteiger charge is 2.24. The zero-order chi connectivity index (χ0) is 12.8. The van der Waals surface area contributed by atoms with Crippen molar-refractivity contribution in [1.29, 1.82) is 0 Å². The maximum Gasteiger partial charge on any atom is 0.323 e. The maximum atomic E-state index is 11.6. The molecule has 0 fully saturated rings. The molecule has 0 unspecified atom stereocenters. The van der Waals surface area contributed by atoms with Gasteiger partial charge in [0, 0.05) is 6.54 Å². The molecule has 6 heteroatoms. The number of halogens is 1. The van der Waals surface area contributed by atoms with Crippen LogP contribution < -0.4 is 5.32 Å². The van der Waals surface area contributed by atoms with Gasteiger partial charge in [0.15, 0.2) is 0 Å². The van der Waals surface area contributed by atoms with Gasteiger partial charge in [-0.1, -0.05) is 31.9 Å². The molecule has 0 radical (unpaired) electrons. The summed E-state index contributed by atoms with van der Waals surface area (Å²) in [6.45, 7) is 4.59. The molecule has 0 bridgehead atoms. The van der Waals surface area contributed by atoms with Crippen LogP contribution >= 0.6 is 22.9 Å². The topological polar surface area (TPSA) is 51.2 Å². The van der Waals surface area contributed by atoms with Gasteiger partial charge in [0.2, 0.25) is 0 Å². The van der Waals surface area contributed by atoms with Crippen LogP contribution in [-0.4, -0.2) is 24.1 Å². The summed E-state index contributed by atoms with van der Waals surface area (Å²) in [7, 11) is 1.40. The number of carbonyl (C=O) groups is 1. The molecule has 0 aromatic carbocycles. The van der Waals surface area contributed by atoms with Gasteiger partial charge < -0.3 is 4.74 Å². The van der Waals surface area contributed by atoms with Crippen LogP contribution in [0.15, 0.2) is 6.20 Å². The van der Waals surface area contributed by atoms with Crippen molar-refractivity contribution in [2.24, 2.45) is 5.92 Å². The molecule has 1 heterocycles. The number of methoxy groups -OCH3 is 1. The molecular formula is C11H17ClN2O2S. The van der Waals surface area contributed by atoms with Crippen molar-refractivity contribution >= 4 is 28.9 Å². The molecule has 0 saturated carbocycles. The highest BCUT2D eigenvalue weighted by molar-refractivity contribution is 7.15. The SMILES string of the molecule is CC[C@@H](C)[C@H](NCc1ncc(Cl)s1)C(=O)OC. The zero-order valence-electron chi connectivity index (χ0n) is 10.2. The van der Waals surface area contributed by atoms with Gasteiger partial charge in [0.05, 0.1) is 13.3 Å². The number of hydrogen-bond donors (Lipinski definition) is 1. The minimum atomic E-state index is -0.298. The lowest BCUT2D eigenvalue weighted by molar-refractivity contribution is -0.144. The number of nitrogens with zero attached hydrogens (tertiary/aromatic N) is 1. The van der Waals surface area contributed by atoms with Gasteiger partial charge in [-0.15, -0.1) is 11.3 Å². The predicted molar refractivity (Wildman–Crippen MR) is 69.2 cm³/mol. The average Bonchev–Trinajstić information content (AvgIpc) is 2.74. The van der Waals surface area contributed by atoms with Crippen LogP contribution in [0.5, 0.6) is 0 Å². The Morgan fingerprint density at radius 2 is 2.41 bits per heavy atom. The second kappa shape index (κ2) is 6.93. The van der Waals surface area contributed by atoms with Crippen LogP contribution in [0, 0.1) is 5.92 Å². The average molecular weight is 277 g/mol. The standard InChI is InChI=1S/C11H17ClN2O2S/c1-4-7(2)10(11(15)16-3)14-6-9-13-5-8(12)17-9/h5,7,10,14H,4,6H2,1-3H3/t7-,10+/m1/s1. The van der Waals surface area contributed by atoms with Gasteiger partial charge in [-0.3, -0.25) is 10.1 Å². The van der Waals surface area contributed by atoms with Crippen LogP contribution in [0.25, 0.3) is 0 Å². The van der Waals surface area contributed by atoms with E-state index in [1.807, 2.05) is 13.8 Å². The predicted octanol–water partition coefficient (Wildman–Crippen LogP) is 2.47. The molecule has 4 nitrogen and oxygen atoms in total. The van der Waals surface area contributed by atoms with Gasteiger partial charge in [0.1, 0.15) is 15.4 Å². The first-order valence-electron chi connectivity index (χ1n) is 5.49. The Balaban J connectivity index is 2.57. The summed E-state index contributed by atoms with van der Waals surface area (Å²) in [6, 6.07) is -0.298. The summed E-state index contributed by atoms with van der Waals surface area (Å²) in [5.41, 5.74) is 0. The summed E-state index contributed by atoms with van der Waals surface area (Å²) in [6.07, 6.45) is 2.52. The van der Waals surface area contributed by atoms with E-state index >= 15 is 0 Å². The van der Waals surface area contributed by atoms with Crippen LogP contribution in [0.3, 0.4) is 0 Å². The van der Waals surface area contributed by atoms with E-state index in [4.69, 9.17) is 16.3 Å². The molecule has 0 aliphatic rings. The van der Waals surface area contributed by atoms with Gasteiger partial charge >= 0.3 is 5.97 Å². The smallest absolute Gasteiger partial charge is 0.323 e. The lowest BCUT2D eigenvalue weighted by atomic mass is 9.99. The highest BCUT2D eigenvalue weighted by Crippen LogP contribution is 2.18.